The number of nitrogens with zero attached hydrogens (tertiary/aromatic N) is 1. The molecule has 2 saturated carbocycles. The van der Waals surface area contributed by atoms with E-state index in [-0.39, 0.29) is 17.7 Å². The highest BCUT2D eigenvalue weighted by atomic mass is 16.3. The van der Waals surface area contributed by atoms with Crippen LogP contribution in [0.15, 0.2) is 10.9 Å². The van der Waals surface area contributed by atoms with Gasteiger partial charge >= 0.3 is 0 Å². The molecule has 2 aliphatic rings. The highest BCUT2D eigenvalue weighted by molar-refractivity contribution is 5.38. The molecule has 2 aliphatic carbocycles. The van der Waals surface area contributed by atoms with Crippen molar-refractivity contribution in [3.05, 3.63) is 22.2 Å². The molecule has 5 heteroatoms. The summed E-state index contributed by atoms with van der Waals surface area (Å²) in [5, 5.41) is 12.6. The number of hydrogen-bond donors (Lipinski definition) is 3. The highest BCUT2D eigenvalue weighted by Crippen LogP contribution is 2.38. The molecule has 2 fully saturated rings. The second kappa shape index (κ2) is 3.84. The Labute approximate surface area is 99.3 Å². The van der Waals surface area contributed by atoms with Gasteiger partial charge in [-0.25, -0.2) is 4.98 Å². The molecule has 1 aromatic heterocycles. The first kappa shape index (κ1) is 10.8. The van der Waals surface area contributed by atoms with Crippen molar-refractivity contribution in [1.29, 1.82) is 0 Å². The molecule has 0 unspecified atom stereocenters. The summed E-state index contributed by atoms with van der Waals surface area (Å²) in [6, 6.07) is 1.47. The van der Waals surface area contributed by atoms with Crippen LogP contribution in [0.5, 0.6) is 0 Å². The fourth-order valence-electron chi connectivity index (χ4n) is 2.29. The van der Waals surface area contributed by atoms with E-state index in [2.05, 4.69) is 15.3 Å². The molecule has 0 radical (unpaired) electrons. The van der Waals surface area contributed by atoms with E-state index in [1.165, 1.54) is 6.07 Å². The van der Waals surface area contributed by atoms with Gasteiger partial charge in [-0.15, -0.1) is 0 Å². The van der Waals surface area contributed by atoms with Gasteiger partial charge in [0.25, 0.3) is 5.56 Å². The molecule has 5 nitrogen and oxygen atoms in total. The lowest BCUT2D eigenvalue weighted by molar-refractivity contribution is 0.144. The van der Waals surface area contributed by atoms with Crippen molar-refractivity contribution in [2.45, 2.75) is 43.6 Å². The van der Waals surface area contributed by atoms with Crippen LogP contribution in [-0.2, 0) is 0 Å². The highest BCUT2D eigenvalue weighted by Gasteiger charge is 2.37. The quantitative estimate of drug-likeness (QED) is 0.726. The van der Waals surface area contributed by atoms with E-state index < -0.39 is 0 Å². The summed E-state index contributed by atoms with van der Waals surface area (Å²) in [5.74, 6) is 1.81. The van der Waals surface area contributed by atoms with Crippen molar-refractivity contribution in [2.75, 3.05) is 11.9 Å². The van der Waals surface area contributed by atoms with E-state index in [0.29, 0.717) is 11.7 Å². The third-order valence-corrected chi connectivity index (χ3v) is 3.73. The lowest BCUT2D eigenvalue weighted by Gasteiger charge is -2.41. The Morgan fingerprint density at radius 1 is 1.53 bits per heavy atom. The number of H-pyrrole nitrogens is 1. The average Bonchev–Trinajstić information content (AvgIpc) is 3.06. The number of aliphatic hydroxyl groups excluding tert-OH is 1. The molecule has 3 N–H and O–H groups in total. The molecular formula is C12H17N3O2. The van der Waals surface area contributed by atoms with Gasteiger partial charge in [0, 0.05) is 12.0 Å². The van der Waals surface area contributed by atoms with Crippen LogP contribution in [0.4, 0.5) is 5.82 Å². The molecule has 0 saturated heterocycles. The van der Waals surface area contributed by atoms with Crippen molar-refractivity contribution in [3.8, 4) is 0 Å². The van der Waals surface area contributed by atoms with Crippen molar-refractivity contribution in [1.82, 2.24) is 9.97 Å². The standard InChI is InChI=1S/C12H17N3O2/c16-7-12(4-1-5-12)15-9-6-10(17)14-11(13-9)8-2-3-8/h6,8,16H,1-5,7H2,(H2,13,14,15,17). The van der Waals surface area contributed by atoms with Crippen molar-refractivity contribution < 1.29 is 5.11 Å². The Balaban J connectivity index is 1.84. The third kappa shape index (κ3) is 2.07. The Morgan fingerprint density at radius 3 is 2.82 bits per heavy atom. The number of hydrogen-bond acceptors (Lipinski definition) is 4. The summed E-state index contributed by atoms with van der Waals surface area (Å²) in [4.78, 5) is 18.7. The topological polar surface area (TPSA) is 78.0 Å². The van der Waals surface area contributed by atoms with E-state index in [1.807, 2.05) is 0 Å². The minimum atomic E-state index is -0.248. The van der Waals surface area contributed by atoms with Crippen molar-refractivity contribution in [2.24, 2.45) is 0 Å². The second-order valence-electron chi connectivity index (χ2n) is 5.21. The van der Waals surface area contributed by atoms with Crippen molar-refractivity contribution >= 4 is 5.82 Å². The van der Waals surface area contributed by atoms with Gasteiger partial charge in [0.2, 0.25) is 0 Å². The first-order valence-corrected chi connectivity index (χ1v) is 6.21. The molecule has 0 spiro atoms. The molecule has 0 atom stereocenters. The molecule has 0 aromatic carbocycles. The molecule has 3 rings (SSSR count). The van der Waals surface area contributed by atoms with Gasteiger partial charge in [-0.3, -0.25) is 4.79 Å². The molecule has 0 bridgehead atoms. The van der Waals surface area contributed by atoms with E-state index in [4.69, 9.17) is 0 Å². The van der Waals surface area contributed by atoms with Gasteiger partial charge in [0.15, 0.2) is 0 Å². The molecule has 92 valence electrons. The summed E-state index contributed by atoms with van der Waals surface area (Å²) in [5.41, 5.74) is -0.362. The predicted octanol–water partition coefficient (Wildman–Crippen LogP) is 0.974. The van der Waals surface area contributed by atoms with Crippen LogP contribution in [-0.4, -0.2) is 27.2 Å². The van der Waals surface area contributed by atoms with E-state index in [9.17, 15) is 9.90 Å². The zero-order valence-electron chi connectivity index (χ0n) is 9.70. The summed E-state index contributed by atoms with van der Waals surface area (Å²) >= 11 is 0. The van der Waals surface area contributed by atoms with Crippen LogP contribution in [0.25, 0.3) is 0 Å². The van der Waals surface area contributed by atoms with Crippen LogP contribution in [0.3, 0.4) is 0 Å². The van der Waals surface area contributed by atoms with Gasteiger partial charge in [0.1, 0.15) is 11.6 Å². The number of aromatic amines is 1. The zero-order chi connectivity index (χ0) is 11.9. The monoisotopic (exact) mass is 235 g/mol. The van der Waals surface area contributed by atoms with Gasteiger partial charge < -0.3 is 15.4 Å². The van der Waals surface area contributed by atoms with E-state index >= 15 is 0 Å². The van der Waals surface area contributed by atoms with E-state index in [1.54, 1.807) is 0 Å². The lowest BCUT2D eigenvalue weighted by Crippen LogP contribution is -2.48. The average molecular weight is 235 g/mol. The molecule has 1 aromatic rings. The maximum absolute atomic E-state index is 11.5. The minimum absolute atomic E-state index is 0.0975. The molecule has 0 aliphatic heterocycles. The fourth-order valence-corrected chi connectivity index (χ4v) is 2.29. The zero-order valence-corrected chi connectivity index (χ0v) is 9.70. The lowest BCUT2D eigenvalue weighted by atomic mass is 9.77. The maximum atomic E-state index is 11.5. The van der Waals surface area contributed by atoms with Crippen LogP contribution >= 0.6 is 0 Å². The van der Waals surface area contributed by atoms with Crippen LogP contribution in [0.1, 0.15) is 43.8 Å². The van der Waals surface area contributed by atoms with Crippen LogP contribution < -0.4 is 10.9 Å². The number of rotatable bonds is 4. The van der Waals surface area contributed by atoms with Gasteiger partial charge in [-0.1, -0.05) is 0 Å². The fraction of sp³-hybridized carbons (Fsp3) is 0.667. The second-order valence-corrected chi connectivity index (χ2v) is 5.21. The van der Waals surface area contributed by atoms with Gasteiger partial charge in [-0.05, 0) is 32.1 Å². The summed E-state index contributed by atoms with van der Waals surface area (Å²) in [7, 11) is 0. The summed E-state index contributed by atoms with van der Waals surface area (Å²) < 4.78 is 0. The SMILES string of the molecule is O=c1cc(NC2(CO)CCC2)nc(C2CC2)[nH]1. The molecule has 1 heterocycles. The number of aliphatic hydroxyl groups is 1. The Hall–Kier alpha value is -1.36. The van der Waals surface area contributed by atoms with E-state index in [0.717, 1.165) is 37.9 Å². The minimum Gasteiger partial charge on any atom is -0.394 e. The van der Waals surface area contributed by atoms with Crippen molar-refractivity contribution in [3.63, 3.8) is 0 Å². The largest absolute Gasteiger partial charge is 0.394 e. The first-order valence-electron chi connectivity index (χ1n) is 6.21. The summed E-state index contributed by atoms with van der Waals surface area (Å²) in [6.45, 7) is 0.0975. The first-order chi connectivity index (χ1) is 8.21. The van der Waals surface area contributed by atoms with Crippen LogP contribution in [0.2, 0.25) is 0 Å². The van der Waals surface area contributed by atoms with Crippen LogP contribution in [0, 0.1) is 0 Å². The Bertz CT molecular complexity index is 469. The number of nitrogens with one attached hydrogen (secondary N) is 2. The Morgan fingerprint density at radius 2 is 2.29 bits per heavy atom. The third-order valence-electron chi connectivity index (χ3n) is 3.73. The smallest absolute Gasteiger partial charge is 0.252 e. The Kier molecular flexibility index (Phi) is 2.43. The predicted molar refractivity (Wildman–Crippen MR) is 64.1 cm³/mol. The number of anilines is 1. The molecular weight excluding hydrogens is 218 g/mol. The van der Waals surface area contributed by atoms with Gasteiger partial charge in [0.05, 0.1) is 12.1 Å². The molecule has 0 amide bonds. The van der Waals surface area contributed by atoms with Gasteiger partial charge in [-0.2, -0.15) is 0 Å². The molecule has 17 heavy (non-hydrogen) atoms. The normalized spacial score (nSPS) is 21.9. The maximum Gasteiger partial charge on any atom is 0.252 e. The summed E-state index contributed by atoms with van der Waals surface area (Å²) in [6.07, 6.45) is 5.22. The number of aromatic nitrogens is 2.